The molecule has 0 aliphatic carbocycles. The Morgan fingerprint density at radius 3 is 2.37 bits per heavy atom. The summed E-state index contributed by atoms with van der Waals surface area (Å²) < 4.78 is 35.2. The molecule has 0 amide bonds. The predicted molar refractivity (Wildman–Crippen MR) is 145 cm³/mol. The lowest BCUT2D eigenvalue weighted by Gasteiger charge is -2.42. The van der Waals surface area contributed by atoms with Gasteiger partial charge in [-0.25, -0.2) is 4.79 Å². The molecule has 2 aromatic carbocycles. The number of carbonyl (C=O) groups excluding carboxylic acids is 1. The van der Waals surface area contributed by atoms with Gasteiger partial charge in [0.25, 0.3) is 0 Å². The van der Waals surface area contributed by atoms with Crippen molar-refractivity contribution >= 4 is 5.97 Å². The van der Waals surface area contributed by atoms with Gasteiger partial charge in [0.1, 0.15) is 24.7 Å². The van der Waals surface area contributed by atoms with Crippen LogP contribution in [0.3, 0.4) is 0 Å². The van der Waals surface area contributed by atoms with E-state index in [4.69, 9.17) is 28.4 Å². The van der Waals surface area contributed by atoms with Crippen molar-refractivity contribution in [2.24, 2.45) is 5.41 Å². The zero-order valence-electron chi connectivity index (χ0n) is 23.0. The van der Waals surface area contributed by atoms with Crippen molar-refractivity contribution in [2.75, 3.05) is 33.0 Å². The number of rotatable bonds is 10. The van der Waals surface area contributed by atoms with E-state index in [1.54, 1.807) is 6.92 Å². The first kappa shape index (κ1) is 28.1. The van der Waals surface area contributed by atoms with Gasteiger partial charge in [0, 0.05) is 12.0 Å². The molecule has 0 bridgehead atoms. The summed E-state index contributed by atoms with van der Waals surface area (Å²) in [6, 6.07) is 14.3. The first-order valence-corrected chi connectivity index (χ1v) is 13.4. The maximum atomic E-state index is 12.0. The second-order valence-electron chi connectivity index (χ2n) is 10.7. The van der Waals surface area contributed by atoms with Crippen LogP contribution >= 0.6 is 0 Å². The second-order valence-corrected chi connectivity index (χ2v) is 10.7. The van der Waals surface area contributed by atoms with Crippen molar-refractivity contribution < 1.29 is 33.2 Å². The van der Waals surface area contributed by atoms with Crippen molar-refractivity contribution in [1.29, 1.82) is 0 Å². The van der Waals surface area contributed by atoms with Crippen LogP contribution < -0.4 is 9.47 Å². The molecule has 38 heavy (non-hydrogen) atoms. The molecule has 1 atom stereocenters. The number of ether oxygens (including phenoxy) is 6. The Bertz CT molecular complexity index is 1090. The monoisotopic (exact) mass is 524 g/mol. The van der Waals surface area contributed by atoms with Crippen LogP contribution in [0.2, 0.25) is 0 Å². The quantitative estimate of drug-likeness (QED) is 0.275. The zero-order valence-corrected chi connectivity index (χ0v) is 23.0. The van der Waals surface area contributed by atoms with Crippen molar-refractivity contribution in [3.05, 3.63) is 60.2 Å². The molecule has 1 unspecified atom stereocenters. The summed E-state index contributed by atoms with van der Waals surface area (Å²) in [6.45, 7) is 13.0. The molecule has 0 spiro atoms. The first-order valence-electron chi connectivity index (χ1n) is 13.4. The number of aryl methyl sites for hydroxylation is 1. The smallest absolute Gasteiger partial charge is 0.333 e. The number of hydrogen-bond acceptors (Lipinski definition) is 7. The minimum atomic E-state index is -0.692. The highest BCUT2D eigenvalue weighted by molar-refractivity contribution is 5.86. The Hall–Kier alpha value is -2.87. The van der Waals surface area contributed by atoms with Crippen molar-refractivity contribution in [2.45, 2.75) is 65.5 Å². The molecule has 0 aromatic heterocycles. The fourth-order valence-electron chi connectivity index (χ4n) is 4.43. The van der Waals surface area contributed by atoms with Gasteiger partial charge in [0.05, 0.1) is 25.2 Å². The van der Waals surface area contributed by atoms with Crippen LogP contribution in [-0.4, -0.2) is 51.1 Å². The number of carbonyl (C=O) groups is 1. The van der Waals surface area contributed by atoms with Gasteiger partial charge in [0.15, 0.2) is 12.1 Å². The Morgan fingerprint density at radius 1 is 1.03 bits per heavy atom. The summed E-state index contributed by atoms with van der Waals surface area (Å²) >= 11 is 0. The molecule has 2 aliphatic rings. The van der Waals surface area contributed by atoms with Gasteiger partial charge in [-0.2, -0.15) is 0 Å². The normalized spacial score (nSPS) is 20.4. The van der Waals surface area contributed by atoms with Crippen molar-refractivity contribution in [3.63, 3.8) is 0 Å². The molecule has 2 saturated heterocycles. The van der Waals surface area contributed by atoms with Crippen LogP contribution in [0.5, 0.6) is 11.5 Å². The largest absolute Gasteiger partial charge is 0.493 e. The highest BCUT2D eigenvalue weighted by Crippen LogP contribution is 2.34. The molecular formula is C31H40O7. The maximum absolute atomic E-state index is 12.0. The minimum Gasteiger partial charge on any atom is -0.493 e. The number of esters is 1. The summed E-state index contributed by atoms with van der Waals surface area (Å²) in [4.78, 5) is 12.0. The molecule has 2 fully saturated rings. The summed E-state index contributed by atoms with van der Waals surface area (Å²) in [5, 5.41) is 0. The fraction of sp³-hybridized carbons (Fsp3) is 0.516. The molecule has 4 rings (SSSR count). The molecular weight excluding hydrogens is 484 g/mol. The van der Waals surface area contributed by atoms with E-state index in [9.17, 15) is 4.79 Å². The Kier molecular flexibility index (Phi) is 9.13. The molecule has 0 N–H and O–H groups in total. The Morgan fingerprint density at radius 2 is 1.74 bits per heavy atom. The lowest BCUT2D eigenvalue weighted by atomic mass is 9.90. The van der Waals surface area contributed by atoms with Gasteiger partial charge in [0.2, 0.25) is 0 Å². The molecule has 0 radical (unpaired) electrons. The average molecular weight is 525 g/mol. The van der Waals surface area contributed by atoms with E-state index in [0.29, 0.717) is 18.8 Å². The fourth-order valence-corrected chi connectivity index (χ4v) is 4.43. The lowest BCUT2D eigenvalue weighted by Crippen LogP contribution is -2.52. The van der Waals surface area contributed by atoms with Crippen LogP contribution in [0.4, 0.5) is 0 Å². The molecule has 2 heterocycles. The molecule has 7 nitrogen and oxygen atoms in total. The van der Waals surface area contributed by atoms with E-state index in [0.717, 1.165) is 54.9 Å². The summed E-state index contributed by atoms with van der Waals surface area (Å²) in [7, 11) is 0. The molecule has 2 aliphatic heterocycles. The van der Waals surface area contributed by atoms with E-state index < -0.39 is 17.2 Å². The van der Waals surface area contributed by atoms with Gasteiger partial charge in [-0.3, -0.25) is 0 Å². The standard InChI is InChI=1S/C31H40O7/c1-6-23-17-26(34-18-31(19-35-29(32)22(2)3)20-36-30(4,5)37-21-31)14-15-27(23)24-10-12-25(13-11-24)38-28-9-7-8-16-33-28/h10-15,17,28H,2,6-9,16,18-21H2,1,3-5H3. The van der Waals surface area contributed by atoms with Crippen LogP contribution in [0.25, 0.3) is 11.1 Å². The number of benzene rings is 2. The zero-order chi connectivity index (χ0) is 27.2. The van der Waals surface area contributed by atoms with E-state index in [1.165, 1.54) is 5.56 Å². The molecule has 7 heteroatoms. The topological polar surface area (TPSA) is 72.5 Å². The van der Waals surface area contributed by atoms with Crippen molar-refractivity contribution in [3.8, 4) is 22.6 Å². The van der Waals surface area contributed by atoms with Crippen LogP contribution in [0.1, 0.15) is 52.5 Å². The third-order valence-corrected chi connectivity index (χ3v) is 6.88. The maximum Gasteiger partial charge on any atom is 0.333 e. The first-order chi connectivity index (χ1) is 18.2. The summed E-state index contributed by atoms with van der Waals surface area (Å²) in [5.41, 5.74) is 3.17. The Balaban J connectivity index is 1.43. The Labute approximate surface area is 226 Å². The summed E-state index contributed by atoms with van der Waals surface area (Å²) in [6.07, 6.45) is 3.85. The van der Waals surface area contributed by atoms with Gasteiger partial charge < -0.3 is 28.4 Å². The molecule has 0 saturated carbocycles. The summed E-state index contributed by atoms with van der Waals surface area (Å²) in [5.74, 6) is 0.435. The lowest BCUT2D eigenvalue weighted by molar-refractivity contribution is -0.294. The third-order valence-electron chi connectivity index (χ3n) is 6.88. The molecule has 2 aromatic rings. The van der Waals surface area contributed by atoms with Crippen LogP contribution in [0.15, 0.2) is 54.6 Å². The third kappa shape index (κ3) is 7.37. The van der Waals surface area contributed by atoms with Gasteiger partial charge in [-0.15, -0.1) is 0 Å². The van der Waals surface area contributed by atoms with E-state index >= 15 is 0 Å². The highest BCUT2D eigenvalue weighted by atomic mass is 16.7. The minimum absolute atomic E-state index is 0.119. The van der Waals surface area contributed by atoms with Crippen LogP contribution in [-0.2, 0) is 30.2 Å². The van der Waals surface area contributed by atoms with Crippen LogP contribution in [0, 0.1) is 5.41 Å². The van der Waals surface area contributed by atoms with E-state index in [2.05, 4.69) is 37.8 Å². The van der Waals surface area contributed by atoms with E-state index in [1.807, 2.05) is 32.0 Å². The second kappa shape index (κ2) is 12.3. The number of hydrogen-bond donors (Lipinski definition) is 0. The van der Waals surface area contributed by atoms with Gasteiger partial charge in [-0.1, -0.05) is 31.7 Å². The van der Waals surface area contributed by atoms with Gasteiger partial charge >= 0.3 is 5.97 Å². The highest BCUT2D eigenvalue weighted by Gasteiger charge is 2.42. The SMILES string of the molecule is C=C(C)C(=O)OCC1(COc2ccc(-c3ccc(OC4CCCCO4)cc3)c(CC)c2)COC(C)(C)OC1. The van der Waals surface area contributed by atoms with Gasteiger partial charge in [-0.05, 0) is 81.0 Å². The van der Waals surface area contributed by atoms with Crippen molar-refractivity contribution in [1.82, 2.24) is 0 Å². The molecule has 206 valence electrons. The predicted octanol–water partition coefficient (Wildman–Crippen LogP) is 6.09. The van der Waals surface area contributed by atoms with E-state index in [-0.39, 0.29) is 19.5 Å². The average Bonchev–Trinajstić information content (AvgIpc) is 2.93.